The molecule has 10 heteroatoms. The van der Waals surface area contributed by atoms with Crippen molar-refractivity contribution in [3.8, 4) is 0 Å². The third-order valence-corrected chi connectivity index (χ3v) is 5.25. The molecule has 1 saturated carbocycles. The Kier molecular flexibility index (Phi) is 5.05. The minimum atomic E-state index is -4.26. The first-order valence-corrected chi connectivity index (χ1v) is 9.63. The van der Waals surface area contributed by atoms with Crippen molar-refractivity contribution in [2.75, 3.05) is 19.0 Å². The van der Waals surface area contributed by atoms with E-state index in [0.29, 0.717) is 11.6 Å². The van der Waals surface area contributed by atoms with Gasteiger partial charge in [0.2, 0.25) is 5.95 Å². The SMILES string of the molecule is CN(C)c1nc2c(c(CO)nn2[C@H](c2ccc(CC(F)(F)F)cc2)C2CC2)c(=O)[nH]1. The quantitative estimate of drug-likeness (QED) is 0.639. The van der Waals surface area contributed by atoms with Crippen LogP contribution in [0.3, 0.4) is 0 Å². The number of benzene rings is 1. The van der Waals surface area contributed by atoms with Gasteiger partial charge in [-0.25, -0.2) is 4.68 Å². The number of anilines is 1. The molecule has 2 heterocycles. The number of nitrogens with one attached hydrogen (secondary N) is 1. The molecule has 0 unspecified atom stereocenters. The summed E-state index contributed by atoms with van der Waals surface area (Å²) >= 11 is 0. The third kappa shape index (κ3) is 3.91. The molecule has 4 rings (SSSR count). The third-order valence-electron chi connectivity index (χ3n) is 5.25. The molecule has 1 aliphatic rings. The zero-order valence-corrected chi connectivity index (χ0v) is 16.6. The van der Waals surface area contributed by atoms with Crippen molar-refractivity contribution in [3.63, 3.8) is 0 Å². The Morgan fingerprint density at radius 2 is 1.93 bits per heavy atom. The smallest absolute Gasteiger partial charge is 0.390 e. The number of nitrogens with zero attached hydrogens (tertiary/aromatic N) is 4. The summed E-state index contributed by atoms with van der Waals surface area (Å²) in [6, 6.07) is 6.02. The fourth-order valence-corrected chi connectivity index (χ4v) is 3.71. The molecule has 2 aromatic heterocycles. The molecule has 0 amide bonds. The van der Waals surface area contributed by atoms with E-state index in [9.17, 15) is 23.1 Å². The molecular weight excluding hydrogens is 399 g/mol. The number of rotatable bonds is 6. The number of halogens is 3. The van der Waals surface area contributed by atoms with Crippen molar-refractivity contribution in [1.29, 1.82) is 0 Å². The van der Waals surface area contributed by atoms with Gasteiger partial charge in [0.05, 0.1) is 19.1 Å². The van der Waals surface area contributed by atoms with Crippen molar-refractivity contribution in [2.24, 2.45) is 5.92 Å². The van der Waals surface area contributed by atoms with E-state index in [2.05, 4.69) is 15.1 Å². The Balaban J connectivity index is 1.83. The number of aromatic amines is 1. The summed E-state index contributed by atoms with van der Waals surface area (Å²) in [5.41, 5.74) is 1.16. The molecule has 1 aliphatic carbocycles. The average molecular weight is 421 g/mol. The standard InChI is InChI=1S/C20H22F3N5O2/c1-27(2)19-24-17-15(18(30)25-19)14(10-29)26-28(17)16(13-7-8-13)12-5-3-11(4-6-12)9-20(21,22)23/h3-6,13,16,29H,7-10H2,1-2H3,(H,24,25,30)/t16-/m1/s1. The Labute approximate surface area is 170 Å². The second kappa shape index (κ2) is 7.42. The average Bonchev–Trinajstić information content (AvgIpc) is 3.43. The van der Waals surface area contributed by atoms with Crippen LogP contribution in [0.2, 0.25) is 0 Å². The lowest BCUT2D eigenvalue weighted by Gasteiger charge is -2.19. The summed E-state index contributed by atoms with van der Waals surface area (Å²) in [6.07, 6.45) is -3.37. The van der Waals surface area contributed by atoms with E-state index >= 15 is 0 Å². The van der Waals surface area contributed by atoms with E-state index in [1.807, 2.05) is 0 Å². The molecule has 1 aromatic carbocycles. The first kappa shape index (κ1) is 20.4. The number of alkyl halides is 3. The topological polar surface area (TPSA) is 87.0 Å². The van der Waals surface area contributed by atoms with Crippen molar-refractivity contribution < 1.29 is 18.3 Å². The zero-order chi connectivity index (χ0) is 21.6. The van der Waals surface area contributed by atoms with Gasteiger partial charge in [-0.3, -0.25) is 9.78 Å². The maximum Gasteiger partial charge on any atom is 0.393 e. The van der Waals surface area contributed by atoms with E-state index in [1.54, 1.807) is 35.8 Å². The van der Waals surface area contributed by atoms with Crippen LogP contribution in [0.5, 0.6) is 0 Å². The minimum absolute atomic E-state index is 0.187. The van der Waals surface area contributed by atoms with Gasteiger partial charge in [-0.2, -0.15) is 23.3 Å². The molecule has 30 heavy (non-hydrogen) atoms. The van der Waals surface area contributed by atoms with E-state index in [4.69, 9.17) is 0 Å². The lowest BCUT2D eigenvalue weighted by molar-refractivity contribution is -0.127. The van der Waals surface area contributed by atoms with Crippen LogP contribution >= 0.6 is 0 Å². The number of fused-ring (bicyclic) bond motifs is 1. The Morgan fingerprint density at radius 1 is 1.27 bits per heavy atom. The van der Waals surface area contributed by atoms with Gasteiger partial charge in [0.15, 0.2) is 5.65 Å². The summed E-state index contributed by atoms with van der Waals surface area (Å²) in [7, 11) is 3.49. The molecule has 0 bridgehead atoms. The lowest BCUT2D eigenvalue weighted by atomic mass is 10.00. The van der Waals surface area contributed by atoms with Gasteiger partial charge in [-0.05, 0) is 29.9 Å². The van der Waals surface area contributed by atoms with Gasteiger partial charge in [0, 0.05) is 14.1 Å². The van der Waals surface area contributed by atoms with Crippen molar-refractivity contribution in [3.05, 3.63) is 51.4 Å². The maximum atomic E-state index is 12.7. The van der Waals surface area contributed by atoms with Gasteiger partial charge in [0.1, 0.15) is 11.1 Å². The second-order valence-corrected chi connectivity index (χ2v) is 7.85. The molecule has 2 N–H and O–H groups in total. The molecule has 1 fully saturated rings. The van der Waals surface area contributed by atoms with Gasteiger partial charge in [0.25, 0.3) is 5.56 Å². The second-order valence-electron chi connectivity index (χ2n) is 7.85. The van der Waals surface area contributed by atoms with E-state index in [-0.39, 0.29) is 28.6 Å². The Hall–Kier alpha value is -2.88. The summed E-state index contributed by atoms with van der Waals surface area (Å²) in [6.45, 7) is -0.419. The van der Waals surface area contributed by atoms with Gasteiger partial charge < -0.3 is 10.0 Å². The Morgan fingerprint density at radius 3 is 2.47 bits per heavy atom. The molecule has 1 atom stereocenters. The van der Waals surface area contributed by atoms with Crippen molar-refractivity contribution in [1.82, 2.24) is 19.7 Å². The molecule has 0 spiro atoms. The molecular formula is C20H22F3N5O2. The number of aromatic nitrogens is 4. The van der Waals surface area contributed by atoms with Crippen LogP contribution in [0.15, 0.2) is 29.1 Å². The lowest BCUT2D eigenvalue weighted by Crippen LogP contribution is -2.21. The molecule has 0 radical (unpaired) electrons. The van der Waals surface area contributed by atoms with Crippen LogP contribution in [0.25, 0.3) is 11.0 Å². The van der Waals surface area contributed by atoms with Crippen molar-refractivity contribution >= 4 is 17.0 Å². The fraction of sp³-hybridized carbons (Fsp3) is 0.450. The highest BCUT2D eigenvalue weighted by atomic mass is 19.4. The van der Waals surface area contributed by atoms with Crippen LogP contribution in [-0.2, 0) is 13.0 Å². The highest BCUT2D eigenvalue weighted by molar-refractivity contribution is 5.78. The molecule has 0 aliphatic heterocycles. The Bertz CT molecular complexity index is 1110. The maximum absolute atomic E-state index is 12.7. The number of hydrogen-bond donors (Lipinski definition) is 2. The summed E-state index contributed by atoms with van der Waals surface area (Å²) in [5.74, 6) is 0.588. The first-order chi connectivity index (χ1) is 14.2. The van der Waals surface area contributed by atoms with Crippen LogP contribution in [0.4, 0.5) is 19.1 Å². The predicted octanol–water partition coefficient (Wildman–Crippen LogP) is 2.78. The molecule has 0 saturated heterocycles. The molecule has 160 valence electrons. The number of hydrogen-bond acceptors (Lipinski definition) is 5. The largest absolute Gasteiger partial charge is 0.393 e. The molecule has 3 aromatic rings. The van der Waals surface area contributed by atoms with E-state index < -0.39 is 24.8 Å². The summed E-state index contributed by atoms with van der Waals surface area (Å²) < 4.78 is 39.7. The highest BCUT2D eigenvalue weighted by Gasteiger charge is 2.36. The van der Waals surface area contributed by atoms with Crippen LogP contribution < -0.4 is 10.5 Å². The van der Waals surface area contributed by atoms with E-state index in [0.717, 1.165) is 18.4 Å². The summed E-state index contributed by atoms with van der Waals surface area (Å²) in [4.78, 5) is 21.5. The van der Waals surface area contributed by atoms with Gasteiger partial charge in [-0.1, -0.05) is 24.3 Å². The summed E-state index contributed by atoms with van der Waals surface area (Å²) in [5, 5.41) is 14.4. The fourth-order valence-electron chi connectivity index (χ4n) is 3.71. The number of aliphatic hydroxyl groups excluding tert-OH is 1. The molecule has 7 nitrogen and oxygen atoms in total. The highest BCUT2D eigenvalue weighted by Crippen LogP contribution is 2.44. The zero-order valence-electron chi connectivity index (χ0n) is 16.6. The van der Waals surface area contributed by atoms with Gasteiger partial charge in [-0.15, -0.1) is 0 Å². The van der Waals surface area contributed by atoms with Crippen LogP contribution in [-0.4, -0.2) is 45.1 Å². The van der Waals surface area contributed by atoms with E-state index in [1.165, 1.54) is 12.1 Å². The number of H-pyrrole nitrogens is 1. The predicted molar refractivity (Wildman–Crippen MR) is 105 cm³/mol. The van der Waals surface area contributed by atoms with Crippen LogP contribution in [0.1, 0.15) is 35.7 Å². The minimum Gasteiger partial charge on any atom is -0.390 e. The van der Waals surface area contributed by atoms with Gasteiger partial charge >= 0.3 is 6.18 Å². The normalized spacial score (nSPS) is 15.5. The monoisotopic (exact) mass is 421 g/mol. The number of aliphatic hydroxyl groups is 1. The first-order valence-electron chi connectivity index (χ1n) is 9.63. The van der Waals surface area contributed by atoms with Crippen molar-refractivity contribution in [2.45, 2.75) is 38.1 Å². The van der Waals surface area contributed by atoms with Crippen LogP contribution in [0, 0.1) is 5.92 Å².